The molecule has 0 saturated carbocycles. The highest BCUT2D eigenvalue weighted by atomic mass is 16.3. The van der Waals surface area contributed by atoms with Crippen LogP contribution >= 0.6 is 0 Å². The first-order valence-electron chi connectivity index (χ1n) is 4.06. The lowest BCUT2D eigenvalue weighted by molar-refractivity contribution is -0.0294. The molecule has 1 aliphatic heterocycles. The van der Waals surface area contributed by atoms with Crippen molar-refractivity contribution in [3.05, 3.63) is 19.6 Å². The Morgan fingerprint density at radius 2 is 0.688 bits per heavy atom. The fourth-order valence-electron chi connectivity index (χ4n) is 1.14. The molecule has 0 bridgehead atoms. The van der Waals surface area contributed by atoms with E-state index in [1.165, 1.54) is 0 Å². The number of hydrogen-bond donors (Lipinski definition) is 0. The predicted molar refractivity (Wildman–Crippen MR) is 50.0 cm³/mol. The molecule has 1 rings (SSSR count). The van der Waals surface area contributed by atoms with Crippen molar-refractivity contribution in [2.75, 3.05) is 26.7 Å². The van der Waals surface area contributed by atoms with E-state index in [4.69, 9.17) is 0 Å². The summed E-state index contributed by atoms with van der Waals surface area (Å²) in [6.45, 7) is -1.04. The molecular weight excluding hydrogens is 224 g/mol. The van der Waals surface area contributed by atoms with Crippen molar-refractivity contribution in [2.24, 2.45) is 21.1 Å². The summed E-state index contributed by atoms with van der Waals surface area (Å²) in [6, 6.07) is 0. The van der Waals surface area contributed by atoms with E-state index in [2.05, 4.69) is 21.1 Å². The van der Waals surface area contributed by atoms with E-state index in [1.807, 2.05) is 0 Å². The first-order chi connectivity index (χ1) is 7.73. The molecule has 12 heteroatoms. The standard InChI is InChI=1S/C4H8N8O4/c13-5-9-1-10(6-14)3-12(8-16)4-11(2-9)7-15/h1-4H2. The van der Waals surface area contributed by atoms with Gasteiger partial charge in [-0.1, -0.05) is 0 Å². The fraction of sp³-hybridized carbons (Fsp3) is 1.00. The van der Waals surface area contributed by atoms with Crippen LogP contribution in [0.25, 0.3) is 0 Å². The lowest BCUT2D eigenvalue weighted by Crippen LogP contribution is -2.48. The van der Waals surface area contributed by atoms with Crippen molar-refractivity contribution < 1.29 is 0 Å². The minimum absolute atomic E-state index is 0.259. The minimum atomic E-state index is -0.259. The minimum Gasteiger partial charge on any atom is -0.218 e. The molecule has 0 aromatic carbocycles. The second kappa shape index (κ2) is 5.47. The number of nitroso groups, excluding NO2 is 4. The third kappa shape index (κ3) is 2.79. The summed E-state index contributed by atoms with van der Waals surface area (Å²) in [4.78, 5) is 41.3. The van der Waals surface area contributed by atoms with Crippen LogP contribution in [0.3, 0.4) is 0 Å². The molecule has 0 spiro atoms. The van der Waals surface area contributed by atoms with Crippen LogP contribution in [-0.2, 0) is 0 Å². The lowest BCUT2D eigenvalue weighted by Gasteiger charge is -2.32. The molecule has 0 unspecified atom stereocenters. The van der Waals surface area contributed by atoms with Crippen LogP contribution in [0.15, 0.2) is 21.1 Å². The molecule has 0 amide bonds. The van der Waals surface area contributed by atoms with Crippen LogP contribution in [0.2, 0.25) is 0 Å². The van der Waals surface area contributed by atoms with Crippen molar-refractivity contribution in [1.82, 2.24) is 20.0 Å². The van der Waals surface area contributed by atoms with Gasteiger partial charge in [-0.3, -0.25) is 0 Å². The Bertz CT molecular complexity index is 221. The molecule has 1 fully saturated rings. The van der Waals surface area contributed by atoms with Crippen LogP contribution in [0, 0.1) is 19.6 Å². The van der Waals surface area contributed by atoms with Gasteiger partial charge in [0.1, 0.15) is 26.7 Å². The van der Waals surface area contributed by atoms with Crippen molar-refractivity contribution in [2.45, 2.75) is 0 Å². The van der Waals surface area contributed by atoms with Crippen LogP contribution in [0.1, 0.15) is 0 Å². The van der Waals surface area contributed by atoms with Gasteiger partial charge in [0.25, 0.3) is 0 Å². The Labute approximate surface area is 88.5 Å². The Morgan fingerprint density at radius 3 is 0.812 bits per heavy atom. The van der Waals surface area contributed by atoms with Gasteiger partial charge in [-0.15, -0.1) is 19.6 Å². The first-order valence-corrected chi connectivity index (χ1v) is 4.06. The van der Waals surface area contributed by atoms with Crippen LogP contribution in [0.4, 0.5) is 0 Å². The second-order valence-electron chi connectivity index (χ2n) is 2.92. The maximum Gasteiger partial charge on any atom is 0.134 e. The fourth-order valence-corrected chi connectivity index (χ4v) is 1.14. The first kappa shape index (κ1) is 11.7. The van der Waals surface area contributed by atoms with E-state index in [1.54, 1.807) is 0 Å². The molecule has 88 valence electrons. The van der Waals surface area contributed by atoms with Gasteiger partial charge >= 0.3 is 0 Å². The normalized spacial score (nSPS) is 17.5. The maximum absolute atomic E-state index is 10.3. The highest BCUT2D eigenvalue weighted by Gasteiger charge is 2.23. The largest absolute Gasteiger partial charge is 0.218 e. The van der Waals surface area contributed by atoms with Gasteiger partial charge in [0.2, 0.25) is 0 Å². The Balaban J connectivity index is 2.75. The number of hydrogen-bond acceptors (Lipinski definition) is 8. The summed E-state index contributed by atoms with van der Waals surface area (Å²) < 4.78 is 0. The summed E-state index contributed by atoms with van der Waals surface area (Å²) in [7, 11) is 0. The van der Waals surface area contributed by atoms with E-state index >= 15 is 0 Å². The van der Waals surface area contributed by atoms with Crippen LogP contribution < -0.4 is 0 Å². The average Bonchev–Trinajstić information content (AvgIpc) is 2.29. The van der Waals surface area contributed by atoms with E-state index < -0.39 is 0 Å². The number of nitrogens with zero attached hydrogens (tertiary/aromatic N) is 8. The van der Waals surface area contributed by atoms with Crippen LogP contribution in [0.5, 0.6) is 0 Å². The van der Waals surface area contributed by atoms with Crippen molar-refractivity contribution in [1.29, 1.82) is 0 Å². The smallest absolute Gasteiger partial charge is 0.134 e. The van der Waals surface area contributed by atoms with E-state index in [-0.39, 0.29) is 26.7 Å². The van der Waals surface area contributed by atoms with Crippen LogP contribution in [-0.4, -0.2) is 46.7 Å². The molecule has 0 aromatic heterocycles. The Hall–Kier alpha value is -2.40. The monoisotopic (exact) mass is 232 g/mol. The molecule has 1 heterocycles. The van der Waals surface area contributed by atoms with E-state index in [0.717, 1.165) is 20.0 Å². The molecule has 0 atom stereocenters. The van der Waals surface area contributed by atoms with Gasteiger partial charge in [0.15, 0.2) is 0 Å². The quantitative estimate of drug-likeness (QED) is 0.607. The highest BCUT2D eigenvalue weighted by Crippen LogP contribution is 2.07. The average molecular weight is 232 g/mol. The van der Waals surface area contributed by atoms with Crippen molar-refractivity contribution >= 4 is 0 Å². The third-order valence-corrected chi connectivity index (χ3v) is 1.77. The third-order valence-electron chi connectivity index (χ3n) is 1.77. The molecule has 0 N–H and O–H groups in total. The van der Waals surface area contributed by atoms with Gasteiger partial charge < -0.3 is 0 Å². The molecule has 16 heavy (non-hydrogen) atoms. The Kier molecular flexibility index (Phi) is 3.99. The summed E-state index contributed by atoms with van der Waals surface area (Å²) in [5.74, 6) is 0. The van der Waals surface area contributed by atoms with Gasteiger partial charge in [0, 0.05) is 0 Å². The summed E-state index contributed by atoms with van der Waals surface area (Å²) in [5.41, 5.74) is 0. The summed E-state index contributed by atoms with van der Waals surface area (Å²) in [5, 5.41) is 13.7. The lowest BCUT2D eigenvalue weighted by atomic mass is 10.7. The molecule has 1 saturated heterocycles. The van der Waals surface area contributed by atoms with Gasteiger partial charge in [-0.2, -0.15) is 0 Å². The molecule has 0 aromatic rings. The van der Waals surface area contributed by atoms with Gasteiger partial charge in [-0.25, -0.2) is 20.0 Å². The van der Waals surface area contributed by atoms with E-state index in [9.17, 15) is 19.6 Å². The Morgan fingerprint density at radius 1 is 0.500 bits per heavy atom. The van der Waals surface area contributed by atoms with Gasteiger partial charge in [-0.05, 0) is 0 Å². The zero-order valence-electron chi connectivity index (χ0n) is 8.04. The maximum atomic E-state index is 10.3. The molecule has 12 nitrogen and oxygen atoms in total. The summed E-state index contributed by atoms with van der Waals surface area (Å²) >= 11 is 0. The molecule has 0 aliphatic carbocycles. The topological polar surface area (TPSA) is 131 Å². The van der Waals surface area contributed by atoms with Crippen molar-refractivity contribution in [3.63, 3.8) is 0 Å². The summed E-state index contributed by atoms with van der Waals surface area (Å²) in [6.07, 6.45) is 0. The molecule has 0 radical (unpaired) electrons. The number of rotatable bonds is 4. The molecular formula is C4H8N8O4. The SMILES string of the molecule is O=NN1CN(N=O)CN(N=O)CN(N=O)C1. The van der Waals surface area contributed by atoms with Crippen molar-refractivity contribution in [3.8, 4) is 0 Å². The van der Waals surface area contributed by atoms with E-state index in [0.29, 0.717) is 0 Å². The van der Waals surface area contributed by atoms with Gasteiger partial charge in [0.05, 0.1) is 21.1 Å². The second-order valence-corrected chi connectivity index (χ2v) is 2.92. The highest BCUT2D eigenvalue weighted by molar-refractivity contribution is 4.60. The zero-order chi connectivity index (χ0) is 12.0. The zero-order valence-corrected chi connectivity index (χ0v) is 8.04. The molecule has 1 aliphatic rings. The predicted octanol–water partition coefficient (Wildman–Crippen LogP) is -0.236.